The predicted octanol–water partition coefficient (Wildman–Crippen LogP) is 3.09. The van der Waals surface area contributed by atoms with Gasteiger partial charge >= 0.3 is 6.61 Å². The lowest BCUT2D eigenvalue weighted by Crippen LogP contribution is -2.27. The smallest absolute Gasteiger partial charge is 0.387 e. The van der Waals surface area contributed by atoms with E-state index in [9.17, 15) is 8.78 Å². The van der Waals surface area contributed by atoms with Crippen LogP contribution in [0.2, 0.25) is 0 Å². The van der Waals surface area contributed by atoms with Crippen molar-refractivity contribution in [2.75, 3.05) is 0 Å². The van der Waals surface area contributed by atoms with Gasteiger partial charge in [-0.05, 0) is 24.8 Å². The zero-order valence-corrected chi connectivity index (χ0v) is 8.90. The van der Waals surface area contributed by atoms with Gasteiger partial charge in [0.05, 0.1) is 0 Å². The first-order valence-electron chi connectivity index (χ1n) is 5.48. The number of hydrogen-bond donors (Lipinski definition) is 1. The molecular weight excluding hydrogens is 212 g/mol. The number of benzene rings is 1. The average Bonchev–Trinajstić information content (AvgIpc) is 2.14. The summed E-state index contributed by atoms with van der Waals surface area (Å²) in [5.74, 6) is 0.610. The normalized spacial score (nSPS) is 18.2. The van der Waals surface area contributed by atoms with E-state index >= 15 is 0 Å². The van der Waals surface area contributed by atoms with Crippen molar-refractivity contribution in [3.8, 4) is 5.75 Å². The summed E-state index contributed by atoms with van der Waals surface area (Å²) in [6.07, 6.45) is 3.32. The lowest BCUT2D eigenvalue weighted by molar-refractivity contribution is -0.0508. The van der Waals surface area contributed by atoms with Gasteiger partial charge in [0, 0.05) is 11.6 Å². The van der Waals surface area contributed by atoms with Crippen LogP contribution in [0.25, 0.3) is 0 Å². The highest BCUT2D eigenvalue weighted by Gasteiger charge is 2.27. The SMILES string of the molecule is N[C@H](c1ccccc1OC(F)F)C1CCC1. The molecule has 0 radical (unpaired) electrons. The van der Waals surface area contributed by atoms with Gasteiger partial charge in [-0.1, -0.05) is 24.6 Å². The van der Waals surface area contributed by atoms with Crippen LogP contribution in [-0.2, 0) is 0 Å². The molecule has 1 saturated carbocycles. The standard InChI is InChI=1S/C12H15F2NO/c13-12(14)16-10-7-2-1-6-9(10)11(15)8-4-3-5-8/h1-2,6-8,11-12H,3-5,15H2/t11-/m0/s1. The van der Waals surface area contributed by atoms with E-state index < -0.39 is 6.61 Å². The van der Waals surface area contributed by atoms with E-state index in [-0.39, 0.29) is 11.8 Å². The Hall–Kier alpha value is -1.16. The Morgan fingerprint density at radius 2 is 1.94 bits per heavy atom. The number of halogens is 2. The van der Waals surface area contributed by atoms with Crippen molar-refractivity contribution in [2.24, 2.45) is 11.7 Å². The number of ether oxygens (including phenoxy) is 1. The maximum atomic E-state index is 12.2. The highest BCUT2D eigenvalue weighted by molar-refractivity contribution is 5.36. The summed E-state index contributed by atoms with van der Waals surface area (Å²) in [5, 5.41) is 0. The fourth-order valence-corrected chi connectivity index (χ4v) is 2.01. The van der Waals surface area contributed by atoms with Crippen molar-refractivity contribution in [2.45, 2.75) is 31.9 Å². The molecule has 0 spiro atoms. The molecule has 1 aliphatic carbocycles. The highest BCUT2D eigenvalue weighted by Crippen LogP contribution is 2.39. The van der Waals surface area contributed by atoms with E-state index in [1.54, 1.807) is 24.3 Å². The third-order valence-electron chi connectivity index (χ3n) is 3.15. The van der Waals surface area contributed by atoms with E-state index in [1.165, 1.54) is 6.42 Å². The van der Waals surface area contributed by atoms with Crippen molar-refractivity contribution in [3.05, 3.63) is 29.8 Å². The lowest BCUT2D eigenvalue weighted by Gasteiger charge is -2.32. The Morgan fingerprint density at radius 1 is 1.25 bits per heavy atom. The zero-order chi connectivity index (χ0) is 11.5. The second kappa shape index (κ2) is 4.78. The number of nitrogens with two attached hydrogens (primary N) is 1. The molecule has 4 heteroatoms. The van der Waals surface area contributed by atoms with Crippen LogP contribution in [-0.4, -0.2) is 6.61 Å². The molecule has 88 valence electrons. The molecule has 1 aliphatic rings. The molecule has 0 bridgehead atoms. The summed E-state index contributed by atoms with van der Waals surface area (Å²) in [6.45, 7) is -2.80. The average molecular weight is 227 g/mol. The molecule has 2 N–H and O–H groups in total. The van der Waals surface area contributed by atoms with Gasteiger partial charge in [-0.3, -0.25) is 0 Å². The van der Waals surface area contributed by atoms with E-state index in [0.717, 1.165) is 12.8 Å². The first kappa shape index (κ1) is 11.3. The van der Waals surface area contributed by atoms with Crippen molar-refractivity contribution in [1.29, 1.82) is 0 Å². The van der Waals surface area contributed by atoms with Crippen LogP contribution < -0.4 is 10.5 Å². The number of alkyl halides is 2. The molecule has 0 aromatic heterocycles. The molecule has 0 unspecified atom stereocenters. The van der Waals surface area contributed by atoms with Gasteiger partial charge in [0.25, 0.3) is 0 Å². The topological polar surface area (TPSA) is 35.2 Å². The number of hydrogen-bond acceptors (Lipinski definition) is 2. The molecule has 1 aromatic rings. The van der Waals surface area contributed by atoms with Crippen molar-refractivity contribution < 1.29 is 13.5 Å². The predicted molar refractivity (Wildman–Crippen MR) is 57.3 cm³/mol. The van der Waals surface area contributed by atoms with Gasteiger partial charge in [-0.25, -0.2) is 0 Å². The first-order valence-corrected chi connectivity index (χ1v) is 5.48. The van der Waals surface area contributed by atoms with Crippen LogP contribution in [0.3, 0.4) is 0 Å². The second-order valence-corrected chi connectivity index (χ2v) is 4.13. The summed E-state index contributed by atoms with van der Waals surface area (Å²) in [5.41, 5.74) is 6.74. The first-order chi connectivity index (χ1) is 7.68. The van der Waals surface area contributed by atoms with Crippen molar-refractivity contribution in [3.63, 3.8) is 0 Å². The van der Waals surface area contributed by atoms with Gasteiger partial charge in [0.15, 0.2) is 0 Å². The van der Waals surface area contributed by atoms with Crippen molar-refractivity contribution in [1.82, 2.24) is 0 Å². The number of rotatable bonds is 4. The summed E-state index contributed by atoms with van der Waals surface area (Å²) in [6, 6.07) is 6.59. The Labute approximate surface area is 93.4 Å². The fourth-order valence-electron chi connectivity index (χ4n) is 2.01. The van der Waals surface area contributed by atoms with Crippen LogP contribution in [0.1, 0.15) is 30.9 Å². The van der Waals surface area contributed by atoms with Crippen LogP contribution >= 0.6 is 0 Å². The molecule has 0 aliphatic heterocycles. The van der Waals surface area contributed by atoms with E-state index in [1.807, 2.05) is 0 Å². The molecule has 1 fully saturated rings. The molecule has 0 saturated heterocycles. The van der Waals surface area contributed by atoms with Crippen LogP contribution in [0.15, 0.2) is 24.3 Å². The Morgan fingerprint density at radius 3 is 2.50 bits per heavy atom. The zero-order valence-electron chi connectivity index (χ0n) is 8.90. The van der Waals surface area contributed by atoms with Gasteiger partial charge in [-0.2, -0.15) is 8.78 Å². The summed E-state index contributed by atoms with van der Waals surface area (Å²) < 4.78 is 28.9. The molecule has 2 rings (SSSR count). The summed E-state index contributed by atoms with van der Waals surface area (Å²) in [7, 11) is 0. The molecule has 2 nitrogen and oxygen atoms in total. The molecule has 0 amide bonds. The lowest BCUT2D eigenvalue weighted by atomic mass is 9.77. The van der Waals surface area contributed by atoms with Crippen molar-refractivity contribution >= 4 is 0 Å². The van der Waals surface area contributed by atoms with E-state index in [0.29, 0.717) is 11.5 Å². The Bertz CT molecular complexity index is 353. The third kappa shape index (κ3) is 2.32. The van der Waals surface area contributed by atoms with Crippen LogP contribution in [0, 0.1) is 5.92 Å². The minimum absolute atomic E-state index is 0.191. The Balaban J connectivity index is 2.17. The summed E-state index contributed by atoms with van der Waals surface area (Å²) in [4.78, 5) is 0. The molecular formula is C12H15F2NO. The van der Waals surface area contributed by atoms with Crippen LogP contribution in [0.5, 0.6) is 5.75 Å². The van der Waals surface area contributed by atoms with Gasteiger partial charge in [0.2, 0.25) is 0 Å². The largest absolute Gasteiger partial charge is 0.434 e. The quantitative estimate of drug-likeness (QED) is 0.857. The van der Waals surface area contributed by atoms with Gasteiger partial charge < -0.3 is 10.5 Å². The third-order valence-corrected chi connectivity index (χ3v) is 3.15. The minimum Gasteiger partial charge on any atom is -0.434 e. The van der Waals surface area contributed by atoms with Crippen LogP contribution in [0.4, 0.5) is 8.78 Å². The molecule has 0 heterocycles. The fraction of sp³-hybridized carbons (Fsp3) is 0.500. The van der Waals surface area contributed by atoms with Gasteiger partial charge in [0.1, 0.15) is 5.75 Å². The van der Waals surface area contributed by atoms with E-state index in [4.69, 9.17) is 5.73 Å². The maximum absolute atomic E-state index is 12.2. The molecule has 16 heavy (non-hydrogen) atoms. The highest BCUT2D eigenvalue weighted by atomic mass is 19.3. The summed E-state index contributed by atoms with van der Waals surface area (Å²) >= 11 is 0. The second-order valence-electron chi connectivity index (χ2n) is 4.13. The monoisotopic (exact) mass is 227 g/mol. The number of para-hydroxylation sites is 1. The Kier molecular flexibility index (Phi) is 3.39. The van der Waals surface area contributed by atoms with E-state index in [2.05, 4.69) is 4.74 Å². The molecule has 1 aromatic carbocycles. The minimum atomic E-state index is -2.80. The van der Waals surface area contributed by atoms with Gasteiger partial charge in [-0.15, -0.1) is 0 Å². The molecule has 1 atom stereocenters. The maximum Gasteiger partial charge on any atom is 0.387 e.